The zero-order valence-corrected chi connectivity index (χ0v) is 27.4. The summed E-state index contributed by atoms with van der Waals surface area (Å²) in [7, 11) is 0. The van der Waals surface area contributed by atoms with Gasteiger partial charge in [-0.15, -0.1) is 0 Å². The number of carbonyl (C=O) groups is 1. The second-order valence-electron chi connectivity index (χ2n) is 11.9. The average Bonchev–Trinajstić information content (AvgIpc) is 2.96. The van der Waals surface area contributed by atoms with Gasteiger partial charge in [0.05, 0.1) is 6.61 Å². The molecule has 0 fully saturated rings. The molecule has 0 aliphatic rings. The molecule has 240 valence electrons. The van der Waals surface area contributed by atoms with Crippen LogP contribution in [0.3, 0.4) is 0 Å². The normalized spacial score (nSPS) is 12.1. The molecule has 5 nitrogen and oxygen atoms in total. The molecule has 0 spiro atoms. The fraction of sp³-hybridized carbons (Fsp3) is 0.971. The Morgan fingerprint density at radius 1 is 0.500 bits per heavy atom. The molecule has 0 saturated heterocycles. The lowest BCUT2D eigenvalue weighted by Crippen LogP contribution is -2.32. The van der Waals surface area contributed by atoms with Gasteiger partial charge in [-0.1, -0.05) is 162 Å². The van der Waals surface area contributed by atoms with Crippen molar-refractivity contribution < 1.29 is 19.0 Å². The second kappa shape index (κ2) is 34.4. The lowest BCUT2D eigenvalue weighted by Gasteiger charge is -2.18. The Kier molecular flexibility index (Phi) is 33.7. The van der Waals surface area contributed by atoms with E-state index in [1.807, 2.05) is 6.92 Å². The number of unbranched alkanes of at least 4 members (excludes halogenated alkanes) is 22. The van der Waals surface area contributed by atoms with Crippen molar-refractivity contribution in [1.82, 2.24) is 5.32 Å². The van der Waals surface area contributed by atoms with Crippen molar-refractivity contribution in [3.63, 3.8) is 0 Å². The zero-order chi connectivity index (χ0) is 29.2. The molecule has 0 heterocycles. The maximum atomic E-state index is 11.9. The van der Waals surface area contributed by atoms with Crippen LogP contribution in [-0.4, -0.2) is 45.2 Å². The summed E-state index contributed by atoms with van der Waals surface area (Å²) in [6, 6.07) is 0. The Morgan fingerprint density at radius 3 is 1.32 bits per heavy atom. The zero-order valence-electron chi connectivity index (χ0n) is 27.4. The number of nitrogens with one attached hydrogen (secondary N) is 1. The van der Waals surface area contributed by atoms with E-state index in [0.29, 0.717) is 19.8 Å². The van der Waals surface area contributed by atoms with Gasteiger partial charge in [-0.2, -0.15) is 0 Å². The summed E-state index contributed by atoms with van der Waals surface area (Å²) in [4.78, 5) is 11.9. The summed E-state index contributed by atoms with van der Waals surface area (Å²) in [5.41, 5.74) is 0. The van der Waals surface area contributed by atoms with Gasteiger partial charge < -0.3 is 19.5 Å². The van der Waals surface area contributed by atoms with Crippen molar-refractivity contribution >= 4 is 6.09 Å². The predicted molar refractivity (Wildman–Crippen MR) is 172 cm³/mol. The Hall–Kier alpha value is -0.810. The van der Waals surface area contributed by atoms with Gasteiger partial charge in [0.2, 0.25) is 0 Å². The maximum absolute atomic E-state index is 11.9. The molecule has 0 aliphatic carbocycles. The number of alkyl carbamates (subject to hydrolysis) is 1. The van der Waals surface area contributed by atoms with Crippen molar-refractivity contribution in [2.24, 2.45) is 0 Å². The number of rotatable bonds is 33. The van der Waals surface area contributed by atoms with E-state index in [1.165, 1.54) is 141 Å². The summed E-state index contributed by atoms with van der Waals surface area (Å²) in [5.74, 6) is 0. The molecule has 1 amide bonds. The monoisotopic (exact) mass is 570 g/mol. The fourth-order valence-electron chi connectivity index (χ4n) is 5.04. The number of hydrogen-bond acceptors (Lipinski definition) is 4. The first-order valence-electron chi connectivity index (χ1n) is 17.8. The van der Waals surface area contributed by atoms with E-state index in [9.17, 15) is 4.79 Å². The van der Waals surface area contributed by atoms with Crippen molar-refractivity contribution in [2.75, 3.05) is 33.0 Å². The molecular formula is C35H71NO4. The van der Waals surface area contributed by atoms with Crippen LogP contribution >= 0.6 is 0 Å². The van der Waals surface area contributed by atoms with Crippen molar-refractivity contribution in [1.29, 1.82) is 0 Å². The molecule has 0 unspecified atom stereocenters. The van der Waals surface area contributed by atoms with Gasteiger partial charge in [-0.3, -0.25) is 0 Å². The predicted octanol–water partition coefficient (Wildman–Crippen LogP) is 10.9. The van der Waals surface area contributed by atoms with Crippen LogP contribution in [0.1, 0.15) is 181 Å². The SMILES string of the molecule is CCCCCCCCCCCCCCOC[C@H](COC(=O)NCCC)OCCCCCCCCCCCCCC. The lowest BCUT2D eigenvalue weighted by atomic mass is 10.1. The molecule has 0 rings (SSSR count). The van der Waals surface area contributed by atoms with E-state index in [0.717, 1.165) is 25.9 Å². The first-order chi connectivity index (χ1) is 19.7. The number of ether oxygens (including phenoxy) is 3. The standard InChI is InChI=1S/C35H71NO4/c1-4-7-9-11-13-15-17-19-21-23-25-27-30-38-32-34(33-40-35(37)36-29-6-3)39-31-28-26-24-22-20-18-16-14-12-10-8-5-2/h34H,4-33H2,1-3H3,(H,36,37)/t34-/m1/s1. The van der Waals surface area contributed by atoms with Gasteiger partial charge in [0.1, 0.15) is 12.7 Å². The Morgan fingerprint density at radius 2 is 0.900 bits per heavy atom. The van der Waals surface area contributed by atoms with Gasteiger partial charge in [0.15, 0.2) is 0 Å². The summed E-state index contributed by atoms with van der Waals surface area (Å²) >= 11 is 0. The van der Waals surface area contributed by atoms with E-state index >= 15 is 0 Å². The average molecular weight is 570 g/mol. The van der Waals surface area contributed by atoms with Crippen LogP contribution in [0.25, 0.3) is 0 Å². The molecule has 1 N–H and O–H groups in total. The highest BCUT2D eigenvalue weighted by Crippen LogP contribution is 2.13. The third-order valence-electron chi connectivity index (χ3n) is 7.72. The third-order valence-corrected chi connectivity index (χ3v) is 7.72. The highest BCUT2D eigenvalue weighted by atomic mass is 16.6. The van der Waals surface area contributed by atoms with Crippen molar-refractivity contribution in [2.45, 2.75) is 187 Å². The van der Waals surface area contributed by atoms with E-state index < -0.39 is 0 Å². The minimum absolute atomic E-state index is 0.183. The molecule has 0 radical (unpaired) electrons. The van der Waals surface area contributed by atoms with Crippen LogP contribution < -0.4 is 5.32 Å². The molecule has 0 aliphatic heterocycles. The van der Waals surface area contributed by atoms with Crippen LogP contribution in [0, 0.1) is 0 Å². The minimum Gasteiger partial charge on any atom is -0.447 e. The third kappa shape index (κ3) is 31.7. The lowest BCUT2D eigenvalue weighted by molar-refractivity contribution is -0.0468. The largest absolute Gasteiger partial charge is 0.447 e. The molecule has 0 bridgehead atoms. The number of hydrogen-bond donors (Lipinski definition) is 1. The Labute approximate surface area is 250 Å². The van der Waals surface area contributed by atoms with Gasteiger partial charge in [-0.25, -0.2) is 4.79 Å². The summed E-state index contributed by atoms with van der Waals surface area (Å²) < 4.78 is 17.4. The molecule has 5 heteroatoms. The molecule has 0 aromatic rings. The second-order valence-corrected chi connectivity index (χ2v) is 11.9. The highest BCUT2D eigenvalue weighted by Gasteiger charge is 2.13. The molecule has 0 aromatic carbocycles. The van der Waals surface area contributed by atoms with Crippen molar-refractivity contribution in [3.8, 4) is 0 Å². The van der Waals surface area contributed by atoms with E-state index in [2.05, 4.69) is 19.2 Å². The van der Waals surface area contributed by atoms with Crippen LogP contribution in [0.2, 0.25) is 0 Å². The summed E-state index contributed by atoms with van der Waals surface area (Å²) in [6.45, 7) is 9.46. The van der Waals surface area contributed by atoms with Gasteiger partial charge in [0.25, 0.3) is 0 Å². The minimum atomic E-state index is -0.359. The number of amides is 1. The first kappa shape index (κ1) is 39.2. The van der Waals surface area contributed by atoms with E-state index in [4.69, 9.17) is 14.2 Å². The smallest absolute Gasteiger partial charge is 0.407 e. The van der Waals surface area contributed by atoms with Crippen LogP contribution in [0.4, 0.5) is 4.79 Å². The Balaban J connectivity index is 3.82. The molecular weight excluding hydrogens is 498 g/mol. The molecule has 40 heavy (non-hydrogen) atoms. The Bertz CT molecular complexity index is 488. The summed E-state index contributed by atoms with van der Waals surface area (Å²) in [6.07, 6.45) is 32.5. The highest BCUT2D eigenvalue weighted by molar-refractivity contribution is 5.67. The fourth-order valence-corrected chi connectivity index (χ4v) is 5.04. The van der Waals surface area contributed by atoms with Gasteiger partial charge in [-0.05, 0) is 19.3 Å². The van der Waals surface area contributed by atoms with Crippen molar-refractivity contribution in [3.05, 3.63) is 0 Å². The van der Waals surface area contributed by atoms with Crippen LogP contribution in [0.5, 0.6) is 0 Å². The first-order valence-corrected chi connectivity index (χ1v) is 17.8. The van der Waals surface area contributed by atoms with E-state index in [1.54, 1.807) is 0 Å². The van der Waals surface area contributed by atoms with Gasteiger partial charge >= 0.3 is 6.09 Å². The molecule has 1 atom stereocenters. The quantitative estimate of drug-likeness (QED) is 0.0799. The topological polar surface area (TPSA) is 56.8 Å². The summed E-state index contributed by atoms with van der Waals surface area (Å²) in [5, 5.41) is 2.77. The van der Waals surface area contributed by atoms with Crippen LogP contribution in [0.15, 0.2) is 0 Å². The maximum Gasteiger partial charge on any atom is 0.407 e. The van der Waals surface area contributed by atoms with Gasteiger partial charge in [0, 0.05) is 19.8 Å². The number of carbonyl (C=O) groups excluding carboxylic acids is 1. The molecule has 0 saturated carbocycles. The van der Waals surface area contributed by atoms with Crippen LogP contribution in [-0.2, 0) is 14.2 Å². The molecule has 0 aromatic heterocycles. The van der Waals surface area contributed by atoms with E-state index in [-0.39, 0.29) is 18.8 Å².